The normalized spacial score (nSPS) is 34.7. The lowest BCUT2D eigenvalue weighted by atomic mass is 9.66. The van der Waals surface area contributed by atoms with E-state index in [1.54, 1.807) is 31.2 Å². The number of ether oxygens (including phenoxy) is 9. The van der Waals surface area contributed by atoms with Crippen LogP contribution in [0, 0.1) is 11.8 Å². The molecule has 2 aromatic carbocycles. The van der Waals surface area contributed by atoms with E-state index in [1.807, 2.05) is 0 Å². The summed E-state index contributed by atoms with van der Waals surface area (Å²) in [7, 11) is -1.22. The first kappa shape index (κ1) is 31.2. The molecule has 3 fully saturated rings. The van der Waals surface area contributed by atoms with Crippen molar-refractivity contribution >= 4 is 16.1 Å². The van der Waals surface area contributed by atoms with Crippen LogP contribution in [0.5, 0.6) is 28.7 Å². The molecule has 3 saturated heterocycles. The molecule has 4 heterocycles. The Labute approximate surface area is 264 Å². The lowest BCUT2D eigenvalue weighted by Gasteiger charge is -2.48. The highest BCUT2D eigenvalue weighted by Crippen LogP contribution is 2.57. The van der Waals surface area contributed by atoms with Crippen LogP contribution in [0.3, 0.4) is 0 Å². The average Bonchev–Trinajstić information content (AvgIpc) is 3.64. The van der Waals surface area contributed by atoms with E-state index >= 15 is 0 Å². The van der Waals surface area contributed by atoms with Crippen LogP contribution in [0.1, 0.15) is 35.6 Å². The van der Waals surface area contributed by atoms with Gasteiger partial charge in [0, 0.05) is 11.8 Å². The summed E-state index contributed by atoms with van der Waals surface area (Å²) in [5.41, 5.74) is 1.83. The first-order valence-electron chi connectivity index (χ1n) is 14.7. The first-order valence-corrected chi connectivity index (χ1v) is 16.5. The molecule has 7 rings (SSSR count). The lowest BCUT2D eigenvalue weighted by molar-refractivity contribution is -0.361. The third-order valence-electron chi connectivity index (χ3n) is 9.01. The standard InChI is InChI=1S/C30H34O15S/c1-12-38-10-21-27(42-12)28(45-46(4,34)35)25(32)30(43-21)44-26-15-8-18-17(40-11-41-18)7-14(15)22(23-16(26)9-39-29(23)33)13-5-19(36-2)24(31)20(6-13)37-3/h5-8,12,16,21-23,25-28,30-32H,9-11H2,1-4H3/t12-,16+,21-,22-,23+,25-,26-,27-,28-,30+/m1/s1. The SMILES string of the molecule is COc1cc([C@@H]2c3cc4c(cc3[C@@H](O[C@@H]3O[C@@H]5CO[C@@H](C)O[C@H]5[C@H](OS(C)(=O)=O)[C@H]3O)[C@H]3COC(=O)[C@H]23)OCO4)cc(OC)c1O. The summed E-state index contributed by atoms with van der Waals surface area (Å²) in [6.45, 7) is 1.63. The second kappa shape index (κ2) is 11.7. The van der Waals surface area contributed by atoms with Gasteiger partial charge in [0.05, 0.1) is 45.7 Å². The van der Waals surface area contributed by atoms with E-state index in [2.05, 4.69) is 0 Å². The Morgan fingerprint density at radius 2 is 1.61 bits per heavy atom. The summed E-state index contributed by atoms with van der Waals surface area (Å²) in [6.07, 6.45) is -6.91. The van der Waals surface area contributed by atoms with E-state index in [0.29, 0.717) is 28.2 Å². The molecule has 0 aromatic heterocycles. The molecule has 0 saturated carbocycles. The molecule has 0 radical (unpaired) electrons. The summed E-state index contributed by atoms with van der Waals surface area (Å²) in [4.78, 5) is 13.5. The summed E-state index contributed by atoms with van der Waals surface area (Å²) in [5.74, 6) is -1.50. The quantitative estimate of drug-likeness (QED) is 0.318. The maximum absolute atomic E-state index is 13.5. The second-order valence-electron chi connectivity index (χ2n) is 11.8. The molecule has 0 unspecified atom stereocenters. The van der Waals surface area contributed by atoms with Crippen molar-refractivity contribution < 1.29 is 70.2 Å². The minimum absolute atomic E-state index is 0.0133. The highest BCUT2D eigenvalue weighted by atomic mass is 32.2. The van der Waals surface area contributed by atoms with E-state index in [-0.39, 0.29) is 37.3 Å². The smallest absolute Gasteiger partial charge is 0.310 e. The topological polar surface area (TPSA) is 184 Å². The van der Waals surface area contributed by atoms with Crippen LogP contribution in [0.4, 0.5) is 0 Å². The Hall–Kier alpha value is -3.38. The molecular formula is C30H34O15S. The molecule has 1 aliphatic carbocycles. The third kappa shape index (κ3) is 5.31. The van der Waals surface area contributed by atoms with Crippen molar-refractivity contribution in [3.8, 4) is 28.7 Å². The number of cyclic esters (lactones) is 1. The van der Waals surface area contributed by atoms with Crippen LogP contribution in [-0.2, 0) is 42.8 Å². The molecule has 16 heteroatoms. The Bertz CT molecular complexity index is 1600. The van der Waals surface area contributed by atoms with Gasteiger partial charge in [-0.05, 0) is 47.9 Å². The highest BCUT2D eigenvalue weighted by molar-refractivity contribution is 7.86. The van der Waals surface area contributed by atoms with E-state index in [9.17, 15) is 23.4 Å². The number of hydrogen-bond acceptors (Lipinski definition) is 15. The number of benzene rings is 2. The van der Waals surface area contributed by atoms with E-state index in [0.717, 1.165) is 6.26 Å². The number of carbonyl (C=O) groups excluding carboxylic acids is 1. The molecule has 2 aromatic rings. The number of carbonyl (C=O) groups is 1. The van der Waals surface area contributed by atoms with Crippen LogP contribution < -0.4 is 18.9 Å². The van der Waals surface area contributed by atoms with Gasteiger partial charge in [-0.15, -0.1) is 0 Å². The fraction of sp³-hybridized carbons (Fsp3) is 0.567. The van der Waals surface area contributed by atoms with E-state index in [1.165, 1.54) is 14.2 Å². The molecule has 0 amide bonds. The van der Waals surface area contributed by atoms with Crippen LogP contribution in [0.25, 0.3) is 0 Å². The lowest BCUT2D eigenvalue weighted by Crippen LogP contribution is -2.64. The van der Waals surface area contributed by atoms with Crippen molar-refractivity contribution in [1.29, 1.82) is 0 Å². The zero-order chi connectivity index (χ0) is 32.5. The predicted molar refractivity (Wildman–Crippen MR) is 152 cm³/mol. The Kier molecular flexibility index (Phi) is 7.94. The van der Waals surface area contributed by atoms with Crippen molar-refractivity contribution in [3.63, 3.8) is 0 Å². The molecule has 15 nitrogen and oxygen atoms in total. The van der Waals surface area contributed by atoms with Crippen molar-refractivity contribution in [2.45, 2.75) is 55.9 Å². The fourth-order valence-electron chi connectivity index (χ4n) is 7.03. The van der Waals surface area contributed by atoms with Crippen molar-refractivity contribution in [3.05, 3.63) is 41.0 Å². The van der Waals surface area contributed by atoms with Crippen LogP contribution in [-0.4, -0.2) is 102 Å². The second-order valence-corrected chi connectivity index (χ2v) is 13.4. The van der Waals surface area contributed by atoms with Gasteiger partial charge in [-0.25, -0.2) is 0 Å². The number of aromatic hydroxyl groups is 1. The van der Waals surface area contributed by atoms with Crippen LogP contribution in [0.15, 0.2) is 24.3 Å². The maximum atomic E-state index is 13.5. The molecule has 250 valence electrons. The van der Waals surface area contributed by atoms with Gasteiger partial charge in [-0.2, -0.15) is 8.42 Å². The number of phenols is 1. The van der Waals surface area contributed by atoms with Gasteiger partial charge >= 0.3 is 5.97 Å². The number of fused-ring (bicyclic) bond motifs is 4. The number of rotatable bonds is 7. The number of phenolic OH excluding ortho intramolecular Hbond substituents is 1. The van der Waals surface area contributed by atoms with Crippen LogP contribution in [0.2, 0.25) is 0 Å². The number of aliphatic hydroxyl groups is 1. The zero-order valence-corrected chi connectivity index (χ0v) is 26.1. The monoisotopic (exact) mass is 666 g/mol. The van der Waals surface area contributed by atoms with E-state index in [4.69, 9.17) is 46.8 Å². The molecular weight excluding hydrogens is 632 g/mol. The largest absolute Gasteiger partial charge is 0.502 e. The maximum Gasteiger partial charge on any atom is 0.310 e. The minimum Gasteiger partial charge on any atom is -0.502 e. The Balaban J connectivity index is 1.32. The molecule has 0 spiro atoms. The molecule has 10 atom stereocenters. The van der Waals surface area contributed by atoms with Crippen molar-refractivity contribution in [2.75, 3.05) is 40.5 Å². The predicted octanol–water partition coefficient (Wildman–Crippen LogP) is 1.32. The molecule has 46 heavy (non-hydrogen) atoms. The zero-order valence-electron chi connectivity index (χ0n) is 25.3. The Morgan fingerprint density at radius 1 is 0.935 bits per heavy atom. The number of aliphatic hydroxyl groups excluding tert-OH is 1. The van der Waals surface area contributed by atoms with Gasteiger partial charge in [0.1, 0.15) is 24.4 Å². The molecule has 5 aliphatic rings. The van der Waals surface area contributed by atoms with Gasteiger partial charge in [0.2, 0.25) is 12.5 Å². The van der Waals surface area contributed by atoms with Gasteiger partial charge in [0.25, 0.3) is 10.1 Å². The average molecular weight is 667 g/mol. The number of hydrogen-bond donors (Lipinski definition) is 2. The van der Waals surface area contributed by atoms with Gasteiger partial charge in [0.15, 0.2) is 35.6 Å². The summed E-state index contributed by atoms with van der Waals surface area (Å²) >= 11 is 0. The fourth-order valence-corrected chi connectivity index (χ4v) is 7.66. The highest BCUT2D eigenvalue weighted by Gasteiger charge is 2.57. The van der Waals surface area contributed by atoms with Gasteiger partial charge < -0.3 is 52.8 Å². The summed E-state index contributed by atoms with van der Waals surface area (Å²) < 4.78 is 81.6. The number of esters is 1. The number of methoxy groups -OCH3 is 2. The summed E-state index contributed by atoms with van der Waals surface area (Å²) in [6, 6.07) is 6.78. The van der Waals surface area contributed by atoms with Crippen molar-refractivity contribution in [2.24, 2.45) is 11.8 Å². The van der Waals surface area contributed by atoms with E-state index < -0.39 is 76.9 Å². The van der Waals surface area contributed by atoms with Gasteiger partial charge in [-0.3, -0.25) is 8.98 Å². The molecule has 0 bridgehead atoms. The Morgan fingerprint density at radius 3 is 2.26 bits per heavy atom. The third-order valence-corrected chi connectivity index (χ3v) is 9.58. The first-order chi connectivity index (χ1) is 22.0. The molecule has 4 aliphatic heterocycles. The minimum atomic E-state index is -4.04. The van der Waals surface area contributed by atoms with Crippen molar-refractivity contribution in [1.82, 2.24) is 0 Å². The summed E-state index contributed by atoms with van der Waals surface area (Å²) in [5, 5.41) is 22.1. The van der Waals surface area contributed by atoms with Crippen LogP contribution >= 0.6 is 0 Å². The van der Waals surface area contributed by atoms with Gasteiger partial charge in [-0.1, -0.05) is 0 Å². The molecule has 2 N–H and O–H groups in total.